The Bertz CT molecular complexity index is 1350. The van der Waals surface area contributed by atoms with Crippen molar-refractivity contribution in [3.05, 3.63) is 53.1 Å². The van der Waals surface area contributed by atoms with E-state index < -0.39 is 80.8 Å². The van der Waals surface area contributed by atoms with E-state index >= 15 is 0 Å². The van der Waals surface area contributed by atoms with E-state index in [1.807, 2.05) is 0 Å². The van der Waals surface area contributed by atoms with E-state index in [1.165, 1.54) is 6.92 Å². The van der Waals surface area contributed by atoms with Gasteiger partial charge in [0.1, 0.15) is 0 Å². The Morgan fingerprint density at radius 1 is 0.556 bits per heavy atom. The molecular formula is C23H18O13. The molecule has 0 aliphatic heterocycles. The summed E-state index contributed by atoms with van der Waals surface area (Å²) in [4.78, 5) is 36.9. The Morgan fingerprint density at radius 3 is 1.28 bits per heavy atom. The third kappa shape index (κ3) is 5.09. The van der Waals surface area contributed by atoms with Crippen LogP contribution in [0.4, 0.5) is 0 Å². The van der Waals surface area contributed by atoms with Gasteiger partial charge in [-0.25, -0.2) is 14.4 Å². The Balaban J connectivity index is 1.91. The average molecular weight is 502 g/mol. The summed E-state index contributed by atoms with van der Waals surface area (Å²) < 4.78 is 14.7. The van der Waals surface area contributed by atoms with Gasteiger partial charge in [0, 0.05) is 0 Å². The number of hydrogen-bond donors (Lipinski definition) is 7. The smallest absolute Gasteiger partial charge is 0.343 e. The lowest BCUT2D eigenvalue weighted by molar-refractivity contribution is 0.0523. The first-order chi connectivity index (χ1) is 16.9. The standard InChI is InChI=1S/C23H18O13/c1-2-34-21(31)10-5-14(26)19(29)16(7-10)36-23(33)11-6-15(27)20(30)17(8-11)35-22(32)9-3-12(24)18(28)13(25)4-9/h3-8,24-30H,2H2,1H3. The SMILES string of the molecule is CCOC(=O)c1cc(O)c(O)c(OC(=O)c2cc(O)c(O)c(OC(=O)c3cc(O)c(O)c(O)c3)c2)c1. The van der Waals surface area contributed by atoms with Crippen molar-refractivity contribution < 1.29 is 64.3 Å². The van der Waals surface area contributed by atoms with Crippen LogP contribution in [0.15, 0.2) is 36.4 Å². The first kappa shape index (κ1) is 25.3. The van der Waals surface area contributed by atoms with E-state index in [4.69, 9.17) is 14.2 Å². The van der Waals surface area contributed by atoms with Crippen molar-refractivity contribution in [2.75, 3.05) is 6.61 Å². The molecule has 0 spiro atoms. The highest BCUT2D eigenvalue weighted by Gasteiger charge is 2.23. The lowest BCUT2D eigenvalue weighted by atomic mass is 10.1. The van der Waals surface area contributed by atoms with Crippen molar-refractivity contribution in [2.24, 2.45) is 0 Å². The van der Waals surface area contributed by atoms with Gasteiger partial charge in [-0.1, -0.05) is 0 Å². The zero-order valence-corrected chi connectivity index (χ0v) is 18.3. The number of hydrogen-bond acceptors (Lipinski definition) is 13. The van der Waals surface area contributed by atoms with Gasteiger partial charge < -0.3 is 50.0 Å². The van der Waals surface area contributed by atoms with Gasteiger partial charge in [-0.3, -0.25) is 0 Å². The summed E-state index contributed by atoms with van der Waals surface area (Å²) in [5.41, 5.74) is -1.23. The number of phenolic OH excluding ortho intramolecular Hbond substituents is 7. The second-order valence-electron chi connectivity index (χ2n) is 7.05. The summed E-state index contributed by atoms with van der Waals surface area (Å²) in [7, 11) is 0. The highest BCUT2D eigenvalue weighted by atomic mass is 16.6. The molecule has 3 rings (SSSR count). The highest BCUT2D eigenvalue weighted by molar-refractivity contribution is 5.96. The number of carbonyl (C=O) groups excluding carboxylic acids is 3. The first-order valence-corrected chi connectivity index (χ1v) is 9.91. The number of ether oxygens (including phenoxy) is 3. The van der Waals surface area contributed by atoms with E-state index in [1.54, 1.807) is 0 Å². The zero-order chi connectivity index (χ0) is 26.7. The summed E-state index contributed by atoms with van der Waals surface area (Å²) in [6.07, 6.45) is 0. The second-order valence-corrected chi connectivity index (χ2v) is 7.05. The van der Waals surface area contributed by atoms with Crippen molar-refractivity contribution in [3.63, 3.8) is 0 Å². The molecule has 0 fully saturated rings. The van der Waals surface area contributed by atoms with Crippen LogP contribution in [-0.4, -0.2) is 60.3 Å². The number of benzene rings is 3. The molecule has 3 aromatic carbocycles. The number of carbonyl (C=O) groups is 3. The highest BCUT2D eigenvalue weighted by Crippen LogP contribution is 2.40. The second kappa shape index (κ2) is 9.89. The molecule has 0 aliphatic carbocycles. The summed E-state index contributed by atoms with van der Waals surface area (Å²) in [6, 6.07) is 4.81. The van der Waals surface area contributed by atoms with Gasteiger partial charge in [-0.15, -0.1) is 0 Å². The van der Waals surface area contributed by atoms with Gasteiger partial charge in [0.05, 0.1) is 23.3 Å². The van der Waals surface area contributed by atoms with Gasteiger partial charge in [-0.05, 0) is 43.3 Å². The third-order valence-electron chi connectivity index (χ3n) is 4.57. The minimum Gasteiger partial charge on any atom is -0.504 e. The van der Waals surface area contributed by atoms with E-state index in [0.717, 1.165) is 36.4 Å². The van der Waals surface area contributed by atoms with E-state index in [2.05, 4.69) is 0 Å². The maximum Gasteiger partial charge on any atom is 0.343 e. The molecule has 7 N–H and O–H groups in total. The van der Waals surface area contributed by atoms with E-state index in [-0.39, 0.29) is 12.2 Å². The molecule has 0 amide bonds. The normalized spacial score (nSPS) is 10.5. The number of aromatic hydroxyl groups is 7. The molecule has 0 radical (unpaired) electrons. The van der Waals surface area contributed by atoms with Crippen molar-refractivity contribution >= 4 is 17.9 Å². The molecule has 0 heterocycles. The minimum absolute atomic E-state index is 0.00720. The average Bonchev–Trinajstić information content (AvgIpc) is 2.82. The minimum atomic E-state index is -1.28. The molecule has 0 aliphatic rings. The molecule has 188 valence electrons. The largest absolute Gasteiger partial charge is 0.504 e. The van der Waals surface area contributed by atoms with Crippen LogP contribution in [-0.2, 0) is 4.74 Å². The number of rotatable bonds is 6. The Kier molecular flexibility index (Phi) is 6.95. The number of phenols is 7. The third-order valence-corrected chi connectivity index (χ3v) is 4.57. The van der Waals surface area contributed by atoms with Gasteiger partial charge >= 0.3 is 17.9 Å². The van der Waals surface area contributed by atoms with Crippen LogP contribution >= 0.6 is 0 Å². The molecule has 3 aromatic rings. The van der Waals surface area contributed by atoms with Crippen molar-refractivity contribution in [1.82, 2.24) is 0 Å². The summed E-state index contributed by atoms with van der Waals surface area (Å²) >= 11 is 0. The molecule has 0 aromatic heterocycles. The lowest BCUT2D eigenvalue weighted by Crippen LogP contribution is -2.12. The van der Waals surface area contributed by atoms with E-state index in [0.29, 0.717) is 0 Å². The topological polar surface area (TPSA) is 221 Å². The van der Waals surface area contributed by atoms with Crippen molar-refractivity contribution in [1.29, 1.82) is 0 Å². The first-order valence-electron chi connectivity index (χ1n) is 9.91. The molecule has 0 unspecified atom stereocenters. The van der Waals surface area contributed by atoms with Crippen molar-refractivity contribution in [3.8, 4) is 51.7 Å². The Morgan fingerprint density at radius 2 is 0.889 bits per heavy atom. The number of esters is 3. The lowest BCUT2D eigenvalue weighted by Gasteiger charge is -2.12. The molecular weight excluding hydrogens is 484 g/mol. The van der Waals surface area contributed by atoms with E-state index in [9.17, 15) is 50.1 Å². The maximum atomic E-state index is 12.6. The molecule has 13 nitrogen and oxygen atoms in total. The van der Waals surface area contributed by atoms with Crippen LogP contribution < -0.4 is 9.47 Å². The van der Waals surface area contributed by atoms with Gasteiger partial charge in [-0.2, -0.15) is 0 Å². The molecule has 36 heavy (non-hydrogen) atoms. The Labute approximate surface area is 201 Å². The van der Waals surface area contributed by atoms with Gasteiger partial charge in [0.25, 0.3) is 0 Å². The van der Waals surface area contributed by atoms with Gasteiger partial charge in [0.15, 0.2) is 40.2 Å². The van der Waals surface area contributed by atoms with Gasteiger partial charge in [0.2, 0.25) is 11.5 Å². The predicted octanol–water partition coefficient (Wildman–Crippen LogP) is 2.24. The molecule has 0 saturated carbocycles. The molecule has 0 bridgehead atoms. The van der Waals surface area contributed by atoms with Crippen LogP contribution in [0, 0.1) is 0 Å². The fourth-order valence-corrected chi connectivity index (χ4v) is 2.83. The fraction of sp³-hybridized carbons (Fsp3) is 0.0870. The molecule has 0 saturated heterocycles. The molecule has 0 atom stereocenters. The predicted molar refractivity (Wildman–Crippen MR) is 117 cm³/mol. The van der Waals surface area contributed by atoms with Crippen molar-refractivity contribution in [2.45, 2.75) is 6.92 Å². The van der Waals surface area contributed by atoms with Crippen LogP contribution in [0.2, 0.25) is 0 Å². The Hall–Kier alpha value is -5.33. The summed E-state index contributed by atoms with van der Waals surface area (Å²) in [6.45, 7) is 1.54. The summed E-state index contributed by atoms with van der Waals surface area (Å²) in [5, 5.41) is 68.3. The van der Waals surface area contributed by atoms with Crippen LogP contribution in [0.25, 0.3) is 0 Å². The quantitative estimate of drug-likeness (QED) is 0.146. The summed E-state index contributed by atoms with van der Waals surface area (Å²) in [5.74, 6) is -11.0. The van der Waals surface area contributed by atoms with Crippen LogP contribution in [0.5, 0.6) is 51.7 Å². The van der Waals surface area contributed by atoms with Crippen LogP contribution in [0.1, 0.15) is 38.0 Å². The fourth-order valence-electron chi connectivity index (χ4n) is 2.83. The monoisotopic (exact) mass is 502 g/mol. The molecule has 13 heteroatoms. The zero-order valence-electron chi connectivity index (χ0n) is 18.3. The van der Waals surface area contributed by atoms with Crippen LogP contribution in [0.3, 0.4) is 0 Å². The maximum absolute atomic E-state index is 12.6.